The summed E-state index contributed by atoms with van der Waals surface area (Å²) < 4.78 is 47.2. The Labute approximate surface area is 233 Å². The van der Waals surface area contributed by atoms with Gasteiger partial charge in [-0.05, 0) is 61.2 Å². The van der Waals surface area contributed by atoms with Gasteiger partial charge in [0.05, 0.1) is 18.0 Å². The molecule has 40 heavy (non-hydrogen) atoms. The molecule has 1 amide bonds. The van der Waals surface area contributed by atoms with Gasteiger partial charge in [-0.15, -0.1) is 0 Å². The number of amides is 1. The average molecular weight is 560 g/mol. The van der Waals surface area contributed by atoms with Crippen molar-refractivity contribution in [1.29, 1.82) is 0 Å². The molecule has 0 bridgehead atoms. The lowest BCUT2D eigenvalue weighted by atomic mass is 9.76. The number of halogens is 1. The molecule has 0 aromatic heterocycles. The van der Waals surface area contributed by atoms with Crippen LogP contribution in [-0.2, 0) is 30.7 Å². The molecule has 0 fully saturated rings. The Morgan fingerprint density at radius 1 is 1.00 bits per heavy atom. The minimum atomic E-state index is -4.09. The second-order valence-corrected chi connectivity index (χ2v) is 12.1. The first-order chi connectivity index (χ1) is 19.2. The molecule has 2 unspecified atom stereocenters. The number of sulfone groups is 1. The number of carbonyl (C=O) groups is 2. The summed E-state index contributed by atoms with van der Waals surface area (Å²) in [4.78, 5) is 28.7. The van der Waals surface area contributed by atoms with Gasteiger partial charge in [0.1, 0.15) is 11.1 Å². The van der Waals surface area contributed by atoms with Crippen LogP contribution >= 0.6 is 0 Å². The molecule has 0 N–H and O–H groups in total. The molecule has 2 aliphatic rings. The van der Waals surface area contributed by atoms with Crippen molar-refractivity contribution < 1.29 is 27.1 Å². The number of hydrogen-bond acceptors (Lipinski definition) is 5. The van der Waals surface area contributed by atoms with Crippen LogP contribution in [0.15, 0.2) is 107 Å². The molecule has 3 aromatic rings. The van der Waals surface area contributed by atoms with Gasteiger partial charge in [0.2, 0.25) is 5.91 Å². The van der Waals surface area contributed by atoms with Crippen molar-refractivity contribution in [2.75, 3.05) is 6.61 Å². The maximum atomic E-state index is 14.0. The summed E-state index contributed by atoms with van der Waals surface area (Å²) in [5.41, 5.74) is 4.02. The van der Waals surface area contributed by atoms with Crippen molar-refractivity contribution in [3.63, 3.8) is 0 Å². The predicted molar refractivity (Wildman–Crippen MR) is 149 cm³/mol. The van der Waals surface area contributed by atoms with Crippen LogP contribution in [0.2, 0.25) is 0 Å². The van der Waals surface area contributed by atoms with Gasteiger partial charge in [0.25, 0.3) is 0 Å². The molecule has 206 valence electrons. The minimum Gasteiger partial charge on any atom is -0.463 e. The van der Waals surface area contributed by atoms with Crippen LogP contribution in [0, 0.1) is 12.7 Å². The van der Waals surface area contributed by atoms with Crippen molar-refractivity contribution in [1.82, 2.24) is 4.90 Å². The molecule has 0 saturated carbocycles. The first-order valence-corrected chi connectivity index (χ1v) is 14.8. The van der Waals surface area contributed by atoms with Gasteiger partial charge in [0, 0.05) is 23.6 Å². The molecule has 1 heterocycles. The van der Waals surface area contributed by atoms with Crippen LogP contribution < -0.4 is 0 Å². The average Bonchev–Trinajstić information content (AvgIpc) is 2.95. The van der Waals surface area contributed by atoms with Crippen molar-refractivity contribution in [3.05, 3.63) is 124 Å². The number of carbonyl (C=O) groups excluding carboxylic acids is 2. The van der Waals surface area contributed by atoms with E-state index >= 15 is 0 Å². The molecular weight excluding hydrogens is 529 g/mol. The third-order valence-electron chi connectivity index (χ3n) is 7.44. The molecule has 0 saturated heterocycles. The highest BCUT2D eigenvalue weighted by molar-refractivity contribution is 7.92. The number of nitrogens with zero attached hydrogens (tertiary/aromatic N) is 1. The highest BCUT2D eigenvalue weighted by atomic mass is 32.2. The van der Waals surface area contributed by atoms with Gasteiger partial charge >= 0.3 is 5.97 Å². The highest BCUT2D eigenvalue weighted by Crippen LogP contribution is 2.46. The zero-order valence-corrected chi connectivity index (χ0v) is 23.2. The molecular formula is C32H30FNO5S. The lowest BCUT2D eigenvalue weighted by molar-refractivity contribution is -0.138. The fourth-order valence-corrected chi connectivity index (χ4v) is 7.08. The van der Waals surface area contributed by atoms with Crippen molar-refractivity contribution in [2.45, 2.75) is 49.3 Å². The van der Waals surface area contributed by atoms with E-state index in [0.717, 1.165) is 11.1 Å². The molecule has 0 radical (unpaired) electrons. The van der Waals surface area contributed by atoms with E-state index < -0.39 is 38.7 Å². The summed E-state index contributed by atoms with van der Waals surface area (Å²) in [6.45, 7) is 3.92. The number of allylic oxidation sites excluding steroid dienone is 2. The quantitative estimate of drug-likeness (QED) is 0.350. The molecule has 0 spiro atoms. The van der Waals surface area contributed by atoms with E-state index in [1.54, 1.807) is 42.2 Å². The fourth-order valence-electron chi connectivity index (χ4n) is 5.45. The third kappa shape index (κ3) is 5.23. The number of esters is 1. The molecule has 5 rings (SSSR count). The second kappa shape index (κ2) is 11.2. The first kappa shape index (κ1) is 27.5. The van der Waals surface area contributed by atoms with E-state index in [-0.39, 0.29) is 30.9 Å². The van der Waals surface area contributed by atoms with Crippen LogP contribution in [0.4, 0.5) is 4.39 Å². The summed E-state index contributed by atoms with van der Waals surface area (Å²) >= 11 is 0. The SMILES string of the molecule is CCOC(=O)C1=CCC2=C(CC(S(=O)(=O)c3ccc(C)cc3)C(=O)N2Cc2ccccc2)C1c1ccc(F)cc1. The number of ether oxygens (including phenoxy) is 1. The molecule has 8 heteroatoms. The van der Waals surface area contributed by atoms with Crippen LogP contribution in [-0.4, -0.2) is 37.1 Å². The van der Waals surface area contributed by atoms with E-state index in [2.05, 4.69) is 0 Å². The maximum Gasteiger partial charge on any atom is 0.334 e. The predicted octanol–water partition coefficient (Wildman–Crippen LogP) is 5.64. The van der Waals surface area contributed by atoms with Gasteiger partial charge < -0.3 is 9.64 Å². The lowest BCUT2D eigenvalue weighted by Gasteiger charge is -2.41. The van der Waals surface area contributed by atoms with E-state index in [0.29, 0.717) is 22.4 Å². The van der Waals surface area contributed by atoms with Crippen molar-refractivity contribution in [3.8, 4) is 0 Å². The number of benzene rings is 3. The standard InChI is InChI=1S/C32H30FNO5S/c1-3-39-32(36)26-17-18-28-27(30(26)23-11-13-24(33)14-12-23)19-29(40(37,38)25-15-9-21(2)10-16-25)31(35)34(28)20-22-7-5-4-6-8-22/h4-17,29-30H,3,18-20H2,1-2H3. The number of aryl methyl sites for hydroxylation is 1. The van der Waals surface area contributed by atoms with Crippen LogP contribution in [0.1, 0.15) is 42.4 Å². The highest BCUT2D eigenvalue weighted by Gasteiger charge is 2.46. The summed E-state index contributed by atoms with van der Waals surface area (Å²) in [7, 11) is -4.09. The summed E-state index contributed by atoms with van der Waals surface area (Å²) in [6.07, 6.45) is 1.91. The second-order valence-electron chi connectivity index (χ2n) is 10.0. The number of hydrogen-bond donors (Lipinski definition) is 0. The Balaban J connectivity index is 1.67. The van der Waals surface area contributed by atoms with Crippen LogP contribution in [0.5, 0.6) is 0 Å². The Morgan fingerprint density at radius 2 is 1.68 bits per heavy atom. The molecule has 1 aliphatic heterocycles. The van der Waals surface area contributed by atoms with E-state index in [1.165, 1.54) is 24.3 Å². The normalized spacial score (nSPS) is 19.2. The van der Waals surface area contributed by atoms with Crippen LogP contribution in [0.25, 0.3) is 0 Å². The van der Waals surface area contributed by atoms with Crippen LogP contribution in [0.3, 0.4) is 0 Å². The minimum absolute atomic E-state index is 0.0652. The maximum absolute atomic E-state index is 14.0. The lowest BCUT2D eigenvalue weighted by Crippen LogP contribution is -2.47. The van der Waals surface area contributed by atoms with E-state index in [1.807, 2.05) is 37.3 Å². The number of rotatable bonds is 7. The topological polar surface area (TPSA) is 80.8 Å². The fraction of sp³-hybridized carbons (Fsp3) is 0.250. The Kier molecular flexibility index (Phi) is 7.72. The Morgan fingerprint density at radius 3 is 2.33 bits per heavy atom. The van der Waals surface area contributed by atoms with Gasteiger partial charge in [-0.2, -0.15) is 0 Å². The summed E-state index contributed by atoms with van der Waals surface area (Å²) in [5, 5.41) is -1.39. The van der Waals surface area contributed by atoms with Gasteiger partial charge in [0.15, 0.2) is 9.84 Å². The zero-order chi connectivity index (χ0) is 28.4. The van der Waals surface area contributed by atoms with Gasteiger partial charge in [-0.1, -0.05) is 66.2 Å². The van der Waals surface area contributed by atoms with E-state index in [4.69, 9.17) is 4.74 Å². The van der Waals surface area contributed by atoms with Gasteiger partial charge in [-0.3, -0.25) is 4.79 Å². The third-order valence-corrected chi connectivity index (χ3v) is 9.49. The van der Waals surface area contributed by atoms with Gasteiger partial charge in [-0.25, -0.2) is 17.6 Å². The smallest absolute Gasteiger partial charge is 0.334 e. The molecule has 3 aromatic carbocycles. The van der Waals surface area contributed by atoms with E-state index in [9.17, 15) is 22.4 Å². The monoisotopic (exact) mass is 559 g/mol. The zero-order valence-electron chi connectivity index (χ0n) is 22.3. The summed E-state index contributed by atoms with van der Waals surface area (Å²) in [5.74, 6) is -2.15. The largest absolute Gasteiger partial charge is 0.463 e. The van der Waals surface area contributed by atoms with Crippen molar-refractivity contribution in [2.24, 2.45) is 0 Å². The Hall–Kier alpha value is -4.04. The Bertz CT molecular complexity index is 1590. The summed E-state index contributed by atoms with van der Waals surface area (Å²) in [6, 6.07) is 21.6. The molecule has 1 aliphatic carbocycles. The molecule has 2 atom stereocenters. The van der Waals surface area contributed by atoms with Crippen molar-refractivity contribution >= 4 is 21.7 Å². The molecule has 6 nitrogen and oxygen atoms in total. The first-order valence-electron chi connectivity index (χ1n) is 13.2.